The first-order chi connectivity index (χ1) is 3.60. The molecule has 1 aliphatic rings. The van der Waals surface area contributed by atoms with Crippen LogP contribution in [0.3, 0.4) is 0 Å². The maximum atomic E-state index is 5.67. The van der Waals surface area contributed by atoms with Gasteiger partial charge in [0.1, 0.15) is 0 Å². The summed E-state index contributed by atoms with van der Waals surface area (Å²) in [6, 6.07) is 0. The van der Waals surface area contributed by atoms with Crippen LogP contribution in [0, 0.1) is 0 Å². The molecule has 1 heterocycles. The molecule has 1 aliphatic heterocycles. The molecule has 0 radical (unpaired) electrons. The first-order valence-electron chi connectivity index (χ1n) is 1.98. The highest BCUT2D eigenvalue weighted by molar-refractivity contribution is 8.69. The molecule has 0 atom stereocenters. The van der Waals surface area contributed by atoms with E-state index in [0.29, 0.717) is 5.70 Å². The fraction of sp³-hybridized carbons (Fsp3) is 0. The Bertz CT molecular complexity index is 163. The summed E-state index contributed by atoms with van der Waals surface area (Å²) in [7, 11) is 9.72. The zero-order valence-corrected chi connectivity index (χ0v) is 7.53. The Morgan fingerprint density at radius 2 is 2.00 bits per heavy atom. The van der Waals surface area contributed by atoms with Gasteiger partial charge < -0.3 is 5.73 Å². The van der Waals surface area contributed by atoms with E-state index >= 15 is 0 Å². The highest BCUT2D eigenvalue weighted by Gasteiger charge is 2.14. The van der Waals surface area contributed by atoms with Crippen LogP contribution in [0.5, 0.6) is 0 Å². The molecule has 0 saturated carbocycles. The molecule has 0 aromatic carbocycles. The molecule has 0 unspecified atom stereocenters. The second-order valence-corrected chi connectivity index (χ2v) is 6.62. The second-order valence-electron chi connectivity index (χ2n) is 1.47. The van der Waals surface area contributed by atoms with Crippen molar-refractivity contribution in [3.05, 3.63) is 22.6 Å². The highest BCUT2D eigenvalue weighted by Crippen LogP contribution is 2.63. The molecule has 0 aliphatic carbocycles. The van der Waals surface area contributed by atoms with Gasteiger partial charge in [-0.1, -0.05) is 0 Å². The van der Waals surface area contributed by atoms with E-state index in [4.69, 9.17) is 27.1 Å². The van der Waals surface area contributed by atoms with Gasteiger partial charge in [-0.25, -0.2) is 0 Å². The molecule has 54 valence electrons. The maximum Gasteiger partial charge on any atom is 0.0393 e. The van der Waals surface area contributed by atoms with Crippen LogP contribution in [0.25, 0.3) is 0 Å². The molecule has 9 heavy (non-hydrogen) atoms. The number of halogens is 3. The summed E-state index contributed by atoms with van der Waals surface area (Å²) in [6.07, 6.45) is 1.72. The number of hydrogen-bond acceptors (Lipinski definition) is 1. The molecule has 2 N–H and O–H groups in total. The van der Waals surface area contributed by atoms with Crippen LogP contribution in [0.1, 0.15) is 0 Å². The zero-order chi connectivity index (χ0) is 6.20. The Hall–Kier alpha value is 0.500. The number of nitrogens with two attached hydrogens (primary N) is 1. The first kappa shape index (κ1) is 9.50. The predicted octanol–water partition coefficient (Wildman–Crippen LogP) is 2.85. The molecule has 1 rings (SSSR count). The Kier molecular flexibility index (Phi) is 3.23. The van der Waals surface area contributed by atoms with Gasteiger partial charge in [0.05, 0.1) is 0 Å². The van der Waals surface area contributed by atoms with Crippen LogP contribution in [0.4, 0.5) is 0 Å². The average Bonchev–Trinajstić information content (AvgIpc) is 1.82. The topological polar surface area (TPSA) is 26.0 Å². The second kappa shape index (κ2) is 3.06. The first-order valence-corrected chi connectivity index (χ1v) is 5.39. The van der Waals surface area contributed by atoms with Gasteiger partial charge in [-0.05, 0) is 41.3 Å². The summed E-state index contributed by atoms with van der Waals surface area (Å²) < 4.78 is 0. The highest BCUT2D eigenvalue weighted by atomic mass is 36.0. The Balaban J connectivity index is 0.000000640. The molecule has 0 amide bonds. The third-order valence-electron chi connectivity index (χ3n) is 0.735. The smallest absolute Gasteiger partial charge is 0.0393 e. The molecule has 5 heteroatoms. The van der Waals surface area contributed by atoms with E-state index < -0.39 is 8.46 Å². The molecule has 0 bridgehead atoms. The third-order valence-corrected chi connectivity index (χ3v) is 2.97. The van der Waals surface area contributed by atoms with Gasteiger partial charge in [0, 0.05) is 11.1 Å². The van der Waals surface area contributed by atoms with Crippen molar-refractivity contribution >= 4 is 42.2 Å². The molecule has 0 aromatic rings. The minimum absolute atomic E-state index is 0. The van der Waals surface area contributed by atoms with Crippen molar-refractivity contribution in [2.75, 3.05) is 0 Å². The lowest BCUT2D eigenvalue weighted by molar-refractivity contribution is 1.46. The van der Waals surface area contributed by atoms with Crippen LogP contribution < -0.4 is 5.73 Å². The molecule has 0 saturated heterocycles. The minimum atomic E-state index is -1.62. The van der Waals surface area contributed by atoms with E-state index in [-0.39, 0.29) is 12.4 Å². The van der Waals surface area contributed by atoms with Crippen LogP contribution in [-0.2, 0) is 0 Å². The van der Waals surface area contributed by atoms with Gasteiger partial charge in [0.25, 0.3) is 0 Å². The summed E-state index contributed by atoms with van der Waals surface area (Å²) in [5, 5.41) is 3.38. The lowest BCUT2D eigenvalue weighted by Gasteiger charge is -2.08. The lowest BCUT2D eigenvalue weighted by atomic mass is 10.5. The Labute approximate surface area is 70.6 Å². The fourth-order valence-corrected chi connectivity index (χ4v) is 2.21. The normalized spacial score (nSPS) is 24.4. The van der Waals surface area contributed by atoms with Crippen LogP contribution in [0.2, 0.25) is 0 Å². The Morgan fingerprint density at radius 1 is 1.44 bits per heavy atom. The van der Waals surface area contributed by atoms with Crippen molar-refractivity contribution in [3.8, 4) is 0 Å². The molecule has 0 aromatic heterocycles. The lowest BCUT2D eigenvalue weighted by Crippen LogP contribution is -1.87. The van der Waals surface area contributed by atoms with Crippen molar-refractivity contribution in [2.45, 2.75) is 0 Å². The predicted molar refractivity (Wildman–Crippen MR) is 48.0 cm³/mol. The van der Waals surface area contributed by atoms with Crippen molar-refractivity contribution < 1.29 is 0 Å². The van der Waals surface area contributed by atoms with E-state index in [0.717, 1.165) is 0 Å². The summed E-state index contributed by atoms with van der Waals surface area (Å²) in [5.74, 6) is 0. The van der Waals surface area contributed by atoms with E-state index in [1.165, 1.54) is 0 Å². The summed E-state index contributed by atoms with van der Waals surface area (Å²) in [6.45, 7) is 0. The third kappa shape index (κ3) is 2.72. The van der Waals surface area contributed by atoms with Gasteiger partial charge in [-0.2, -0.15) is 0 Å². The number of hydrogen-bond donors (Lipinski definition) is 1. The van der Waals surface area contributed by atoms with E-state index in [1.807, 2.05) is 0 Å². The molecule has 1 nitrogen and oxygen atoms in total. The van der Waals surface area contributed by atoms with E-state index in [1.54, 1.807) is 16.9 Å². The van der Waals surface area contributed by atoms with Crippen molar-refractivity contribution in [2.24, 2.45) is 5.73 Å². The van der Waals surface area contributed by atoms with Crippen molar-refractivity contribution in [1.82, 2.24) is 0 Å². The summed E-state index contributed by atoms with van der Waals surface area (Å²) in [5.41, 5.74) is 5.99. The monoisotopic (exact) mass is 205 g/mol. The largest absolute Gasteiger partial charge is 0.398 e. The Morgan fingerprint density at radius 3 is 2.11 bits per heavy atom. The van der Waals surface area contributed by atoms with Gasteiger partial charge in [-0.15, -0.1) is 12.4 Å². The molecule has 0 fully saturated rings. The van der Waals surface area contributed by atoms with Crippen LogP contribution in [0.15, 0.2) is 22.6 Å². The van der Waals surface area contributed by atoms with Crippen LogP contribution in [-0.4, -0.2) is 0 Å². The van der Waals surface area contributed by atoms with Crippen molar-refractivity contribution in [3.63, 3.8) is 0 Å². The maximum absolute atomic E-state index is 5.67. The van der Waals surface area contributed by atoms with Gasteiger partial charge in [0.2, 0.25) is 0 Å². The number of allylic oxidation sites excluding steroid dienone is 1. The summed E-state index contributed by atoms with van der Waals surface area (Å²) in [4.78, 5) is 0. The summed E-state index contributed by atoms with van der Waals surface area (Å²) >= 11 is 0. The van der Waals surface area contributed by atoms with Gasteiger partial charge >= 0.3 is 0 Å². The van der Waals surface area contributed by atoms with Gasteiger partial charge in [-0.3, -0.25) is 0 Å². The van der Waals surface area contributed by atoms with E-state index in [9.17, 15) is 0 Å². The van der Waals surface area contributed by atoms with Crippen molar-refractivity contribution in [1.29, 1.82) is 0 Å². The fourth-order valence-electron chi connectivity index (χ4n) is 0.429. The number of rotatable bonds is 0. The molecular weight excluding hydrogens is 200 g/mol. The molecule has 0 spiro atoms. The minimum Gasteiger partial charge on any atom is -0.398 e. The van der Waals surface area contributed by atoms with Gasteiger partial charge in [0.15, 0.2) is 0 Å². The quantitative estimate of drug-likeness (QED) is 0.648. The average molecular weight is 207 g/mol. The SMILES string of the molecule is Cl.NC1=CS(Cl)(Cl)C=C1. The van der Waals surface area contributed by atoms with E-state index in [2.05, 4.69) is 0 Å². The zero-order valence-electron chi connectivity index (χ0n) is 4.38. The standard InChI is InChI=1S/C4H5Cl2NS.ClH/c5-8(6)2-1-4(7)3-8;/h1-3H,7H2;1H. The molecular formula is C4H6Cl3NS. The van der Waals surface area contributed by atoms with Crippen LogP contribution >= 0.6 is 42.2 Å².